The smallest absolute Gasteiger partial charge is 0.303 e. The predicted octanol–water partition coefficient (Wildman–Crippen LogP) is 3.63. The minimum absolute atomic E-state index is 0.0971. The van der Waals surface area contributed by atoms with Gasteiger partial charge in [0.05, 0.1) is 17.5 Å². The van der Waals surface area contributed by atoms with E-state index in [1.807, 2.05) is 18.2 Å². The van der Waals surface area contributed by atoms with Gasteiger partial charge in [-0.25, -0.2) is 4.98 Å². The average molecular weight is 286 g/mol. The maximum Gasteiger partial charge on any atom is 0.303 e. The molecule has 1 N–H and O–H groups in total. The summed E-state index contributed by atoms with van der Waals surface area (Å²) in [4.78, 5) is 16.0. The van der Waals surface area contributed by atoms with Crippen LogP contribution in [0.1, 0.15) is 44.9 Å². The Morgan fingerprint density at radius 3 is 2.71 bits per heavy atom. The molecule has 0 unspecified atom stereocenters. The Morgan fingerprint density at radius 2 is 2.05 bits per heavy atom. The molecule has 3 rings (SSSR count). The Morgan fingerprint density at radius 1 is 1.33 bits per heavy atom. The SMILES string of the molecule is CCn1c(CC2(CC(=O)O)CCCC2)nc2ccccc21. The number of carboxylic acids is 1. The third-order valence-corrected chi connectivity index (χ3v) is 4.77. The van der Waals surface area contributed by atoms with Crippen molar-refractivity contribution in [3.63, 3.8) is 0 Å². The van der Waals surface area contributed by atoms with E-state index >= 15 is 0 Å². The molecule has 0 amide bonds. The minimum atomic E-state index is -0.684. The van der Waals surface area contributed by atoms with Crippen LogP contribution >= 0.6 is 0 Å². The lowest BCUT2D eigenvalue weighted by molar-refractivity contribution is -0.139. The summed E-state index contributed by atoms with van der Waals surface area (Å²) in [6, 6.07) is 8.15. The fourth-order valence-corrected chi connectivity index (χ4v) is 3.81. The number of hydrogen-bond donors (Lipinski definition) is 1. The Kier molecular flexibility index (Phi) is 3.70. The van der Waals surface area contributed by atoms with Crippen LogP contribution in [0.2, 0.25) is 0 Å². The van der Waals surface area contributed by atoms with Crippen LogP contribution in [0, 0.1) is 5.41 Å². The second kappa shape index (κ2) is 5.51. The third-order valence-electron chi connectivity index (χ3n) is 4.77. The summed E-state index contributed by atoms with van der Waals surface area (Å²) in [6.45, 7) is 3.00. The molecule has 0 radical (unpaired) electrons. The Labute approximate surface area is 124 Å². The zero-order valence-corrected chi connectivity index (χ0v) is 12.5. The van der Waals surface area contributed by atoms with E-state index in [0.717, 1.165) is 55.5 Å². The monoisotopic (exact) mass is 286 g/mol. The van der Waals surface area contributed by atoms with Gasteiger partial charge in [0.25, 0.3) is 0 Å². The first-order valence-electron chi connectivity index (χ1n) is 7.79. The summed E-state index contributed by atoms with van der Waals surface area (Å²) in [7, 11) is 0. The van der Waals surface area contributed by atoms with E-state index in [9.17, 15) is 9.90 Å². The molecule has 1 heterocycles. The number of rotatable bonds is 5. The maximum absolute atomic E-state index is 11.3. The number of benzene rings is 1. The van der Waals surface area contributed by atoms with Crippen molar-refractivity contribution in [3.8, 4) is 0 Å². The quantitative estimate of drug-likeness (QED) is 0.913. The minimum Gasteiger partial charge on any atom is -0.481 e. The highest BCUT2D eigenvalue weighted by atomic mass is 16.4. The molecule has 1 fully saturated rings. The molecule has 1 aliphatic rings. The van der Waals surface area contributed by atoms with Gasteiger partial charge < -0.3 is 9.67 Å². The summed E-state index contributed by atoms with van der Waals surface area (Å²) in [5.74, 6) is 0.359. The molecule has 1 saturated carbocycles. The molecule has 4 nitrogen and oxygen atoms in total. The lowest BCUT2D eigenvalue weighted by atomic mass is 9.79. The number of nitrogens with zero attached hydrogens (tertiary/aromatic N) is 2. The van der Waals surface area contributed by atoms with E-state index < -0.39 is 5.97 Å². The van der Waals surface area contributed by atoms with Gasteiger partial charge >= 0.3 is 5.97 Å². The number of aliphatic carboxylic acids is 1. The lowest BCUT2D eigenvalue weighted by Gasteiger charge is -2.27. The van der Waals surface area contributed by atoms with Gasteiger partial charge in [0.2, 0.25) is 0 Å². The van der Waals surface area contributed by atoms with E-state index in [0.29, 0.717) is 0 Å². The first-order valence-corrected chi connectivity index (χ1v) is 7.79. The average Bonchev–Trinajstić information content (AvgIpc) is 3.02. The number of carboxylic acid groups (broad SMARTS) is 1. The van der Waals surface area contributed by atoms with Crippen molar-refractivity contribution >= 4 is 17.0 Å². The fourth-order valence-electron chi connectivity index (χ4n) is 3.81. The van der Waals surface area contributed by atoms with E-state index in [-0.39, 0.29) is 11.8 Å². The van der Waals surface area contributed by atoms with Gasteiger partial charge in [0, 0.05) is 13.0 Å². The van der Waals surface area contributed by atoms with Gasteiger partial charge in [-0.15, -0.1) is 0 Å². The summed E-state index contributed by atoms with van der Waals surface area (Å²) in [5.41, 5.74) is 2.07. The number of aryl methyl sites for hydroxylation is 1. The van der Waals surface area contributed by atoms with Crippen LogP contribution < -0.4 is 0 Å². The van der Waals surface area contributed by atoms with Crippen molar-refractivity contribution in [3.05, 3.63) is 30.1 Å². The molecular formula is C17H22N2O2. The molecule has 0 bridgehead atoms. The van der Waals surface area contributed by atoms with Crippen LogP contribution in [0.5, 0.6) is 0 Å². The lowest BCUT2D eigenvalue weighted by Crippen LogP contribution is -2.25. The largest absolute Gasteiger partial charge is 0.481 e. The van der Waals surface area contributed by atoms with Crippen molar-refractivity contribution in [1.82, 2.24) is 9.55 Å². The molecule has 4 heteroatoms. The van der Waals surface area contributed by atoms with Crippen molar-refractivity contribution in [2.24, 2.45) is 5.41 Å². The zero-order chi connectivity index (χ0) is 14.9. The molecule has 0 spiro atoms. The molecule has 0 atom stereocenters. The van der Waals surface area contributed by atoms with Crippen LogP contribution in [-0.4, -0.2) is 20.6 Å². The zero-order valence-electron chi connectivity index (χ0n) is 12.5. The molecule has 1 aromatic heterocycles. The molecular weight excluding hydrogens is 264 g/mol. The number of fused-ring (bicyclic) bond motifs is 1. The third kappa shape index (κ3) is 2.67. The summed E-state index contributed by atoms with van der Waals surface area (Å²) in [5, 5.41) is 9.26. The van der Waals surface area contributed by atoms with Gasteiger partial charge in [-0.1, -0.05) is 25.0 Å². The first kappa shape index (κ1) is 14.1. The fraction of sp³-hybridized carbons (Fsp3) is 0.529. The van der Waals surface area contributed by atoms with Crippen LogP contribution in [0.4, 0.5) is 0 Å². The number of aromatic nitrogens is 2. The van der Waals surface area contributed by atoms with Gasteiger partial charge in [0.1, 0.15) is 5.82 Å². The van der Waals surface area contributed by atoms with E-state index in [4.69, 9.17) is 4.98 Å². The highest BCUT2D eigenvalue weighted by Crippen LogP contribution is 2.44. The second-order valence-corrected chi connectivity index (χ2v) is 6.22. The molecule has 1 aliphatic carbocycles. The van der Waals surface area contributed by atoms with Crippen molar-refractivity contribution in [1.29, 1.82) is 0 Å². The summed E-state index contributed by atoms with van der Waals surface area (Å²) in [6.07, 6.45) is 5.33. The number of imidazole rings is 1. The molecule has 0 saturated heterocycles. The van der Waals surface area contributed by atoms with Crippen molar-refractivity contribution in [2.45, 2.75) is 52.0 Å². The Balaban J connectivity index is 1.97. The topological polar surface area (TPSA) is 55.1 Å². The van der Waals surface area contributed by atoms with Crippen molar-refractivity contribution < 1.29 is 9.90 Å². The van der Waals surface area contributed by atoms with E-state index in [1.165, 1.54) is 0 Å². The van der Waals surface area contributed by atoms with Gasteiger partial charge in [-0.3, -0.25) is 4.79 Å². The standard InChI is InChI=1S/C17H22N2O2/c1-2-19-14-8-4-3-7-13(14)18-15(19)11-17(12-16(20)21)9-5-6-10-17/h3-4,7-8H,2,5-6,9-12H2,1H3,(H,20,21). The molecule has 112 valence electrons. The highest BCUT2D eigenvalue weighted by molar-refractivity contribution is 5.76. The van der Waals surface area contributed by atoms with Gasteiger partial charge in [-0.05, 0) is 37.3 Å². The number of hydrogen-bond acceptors (Lipinski definition) is 2. The van der Waals surface area contributed by atoms with Gasteiger partial charge in [0.15, 0.2) is 0 Å². The van der Waals surface area contributed by atoms with Crippen LogP contribution in [0.3, 0.4) is 0 Å². The van der Waals surface area contributed by atoms with Crippen molar-refractivity contribution in [2.75, 3.05) is 0 Å². The predicted molar refractivity (Wildman–Crippen MR) is 82.3 cm³/mol. The van der Waals surface area contributed by atoms with Crippen LogP contribution in [0.15, 0.2) is 24.3 Å². The van der Waals surface area contributed by atoms with E-state index in [2.05, 4.69) is 17.6 Å². The number of carbonyl (C=O) groups is 1. The van der Waals surface area contributed by atoms with Crippen LogP contribution in [0.25, 0.3) is 11.0 Å². The van der Waals surface area contributed by atoms with Gasteiger partial charge in [-0.2, -0.15) is 0 Å². The highest BCUT2D eigenvalue weighted by Gasteiger charge is 2.37. The normalized spacial score (nSPS) is 17.4. The second-order valence-electron chi connectivity index (χ2n) is 6.22. The van der Waals surface area contributed by atoms with Crippen LogP contribution in [-0.2, 0) is 17.8 Å². The molecule has 21 heavy (non-hydrogen) atoms. The number of para-hydroxylation sites is 2. The maximum atomic E-state index is 11.3. The summed E-state index contributed by atoms with van der Waals surface area (Å²) >= 11 is 0. The molecule has 2 aromatic rings. The molecule has 1 aromatic carbocycles. The van der Waals surface area contributed by atoms with E-state index in [1.54, 1.807) is 0 Å². The Hall–Kier alpha value is -1.84. The Bertz CT molecular complexity index is 654. The summed E-state index contributed by atoms with van der Waals surface area (Å²) < 4.78 is 2.23. The molecule has 0 aliphatic heterocycles. The first-order chi connectivity index (χ1) is 10.1.